The first-order valence-corrected chi connectivity index (χ1v) is 9.45. The van der Waals surface area contributed by atoms with Crippen molar-refractivity contribution in [3.8, 4) is 22.8 Å². The minimum absolute atomic E-state index is 0.0159. The second-order valence-corrected chi connectivity index (χ2v) is 6.30. The van der Waals surface area contributed by atoms with Crippen LogP contribution in [0, 0.1) is 11.6 Å². The lowest BCUT2D eigenvalue weighted by atomic mass is 10.1. The van der Waals surface area contributed by atoms with Gasteiger partial charge >= 0.3 is 5.97 Å². The van der Waals surface area contributed by atoms with E-state index in [2.05, 4.69) is 4.98 Å². The second-order valence-electron chi connectivity index (χ2n) is 6.30. The Balaban J connectivity index is 1.70. The van der Waals surface area contributed by atoms with Crippen molar-refractivity contribution in [3.05, 3.63) is 66.3 Å². The molecule has 0 saturated heterocycles. The van der Waals surface area contributed by atoms with Gasteiger partial charge in [0.15, 0.2) is 17.4 Å². The Morgan fingerprint density at radius 2 is 1.97 bits per heavy atom. The van der Waals surface area contributed by atoms with Gasteiger partial charge in [-0.25, -0.2) is 13.8 Å². The molecule has 0 bridgehead atoms. The summed E-state index contributed by atoms with van der Waals surface area (Å²) in [6.07, 6.45) is 4.99. The van der Waals surface area contributed by atoms with E-state index in [-0.39, 0.29) is 50.1 Å². The Kier molecular flexibility index (Phi) is 7.37. The maximum absolute atomic E-state index is 14.5. The van der Waals surface area contributed by atoms with Gasteiger partial charge in [0.25, 0.3) is 0 Å². The molecule has 0 N–H and O–H groups in total. The molecule has 0 amide bonds. The molecule has 6 nitrogen and oxygen atoms in total. The van der Waals surface area contributed by atoms with E-state index in [9.17, 15) is 13.6 Å². The Morgan fingerprint density at radius 1 is 1.17 bits per heavy atom. The average Bonchev–Trinajstić information content (AvgIpc) is 3.25. The van der Waals surface area contributed by atoms with Crippen molar-refractivity contribution in [2.24, 2.45) is 0 Å². The van der Waals surface area contributed by atoms with Crippen LogP contribution < -0.4 is 9.47 Å². The number of hydrogen-bond donors (Lipinski definition) is 0. The van der Waals surface area contributed by atoms with Gasteiger partial charge in [-0.15, -0.1) is 0 Å². The number of ether oxygens (including phenoxy) is 3. The van der Waals surface area contributed by atoms with Gasteiger partial charge in [-0.05, 0) is 49.2 Å². The number of nitrogens with zero attached hydrogens (tertiary/aromatic N) is 1. The first-order chi connectivity index (χ1) is 14.6. The Bertz CT molecular complexity index is 952. The molecule has 3 aromatic rings. The fourth-order valence-electron chi connectivity index (χ4n) is 2.73. The van der Waals surface area contributed by atoms with E-state index < -0.39 is 17.4 Å². The van der Waals surface area contributed by atoms with Crippen molar-refractivity contribution in [1.82, 2.24) is 4.98 Å². The summed E-state index contributed by atoms with van der Waals surface area (Å²) >= 11 is 0. The molecule has 0 unspecified atom stereocenters. The molecule has 1 aromatic carbocycles. The minimum atomic E-state index is -0.856. The van der Waals surface area contributed by atoms with Crippen LogP contribution >= 0.6 is 0 Å². The zero-order valence-electron chi connectivity index (χ0n) is 16.4. The fraction of sp³-hybridized carbons (Fsp3) is 0.273. The molecule has 0 aliphatic rings. The van der Waals surface area contributed by atoms with Crippen LogP contribution in [0.15, 0.2) is 53.5 Å². The van der Waals surface area contributed by atoms with Gasteiger partial charge in [0, 0.05) is 23.7 Å². The Labute approximate surface area is 172 Å². The number of esters is 1. The van der Waals surface area contributed by atoms with Gasteiger partial charge < -0.3 is 18.6 Å². The third-order valence-electron chi connectivity index (χ3n) is 4.11. The lowest BCUT2D eigenvalue weighted by Crippen LogP contribution is -2.08. The van der Waals surface area contributed by atoms with Gasteiger partial charge in [-0.3, -0.25) is 4.79 Å². The molecule has 0 spiro atoms. The molecule has 8 heteroatoms. The van der Waals surface area contributed by atoms with Crippen molar-refractivity contribution in [1.29, 1.82) is 0 Å². The lowest BCUT2D eigenvalue weighted by molar-refractivity contribution is -0.143. The van der Waals surface area contributed by atoms with Gasteiger partial charge in [0.1, 0.15) is 6.61 Å². The molecule has 0 radical (unpaired) electrons. The molecular formula is C22H21F2NO5. The van der Waals surface area contributed by atoms with Crippen LogP contribution in [0.3, 0.4) is 0 Å². The molecule has 0 aliphatic heterocycles. The number of rotatable bonds is 10. The van der Waals surface area contributed by atoms with Crippen molar-refractivity contribution >= 4 is 5.97 Å². The first-order valence-electron chi connectivity index (χ1n) is 9.45. The zero-order valence-corrected chi connectivity index (χ0v) is 16.4. The van der Waals surface area contributed by atoms with E-state index in [0.29, 0.717) is 5.56 Å². The molecule has 0 atom stereocenters. The largest absolute Gasteiger partial charge is 0.488 e. The van der Waals surface area contributed by atoms with Crippen molar-refractivity contribution in [2.45, 2.75) is 26.4 Å². The number of furan rings is 1. The monoisotopic (exact) mass is 417 g/mol. The van der Waals surface area contributed by atoms with Crippen LogP contribution in [0.5, 0.6) is 11.6 Å². The fourth-order valence-corrected chi connectivity index (χ4v) is 2.73. The zero-order chi connectivity index (χ0) is 21.3. The summed E-state index contributed by atoms with van der Waals surface area (Å²) in [5.74, 6) is -2.35. The highest BCUT2D eigenvalue weighted by Gasteiger charge is 2.17. The molecule has 0 aliphatic carbocycles. The Hall–Kier alpha value is -3.42. The van der Waals surface area contributed by atoms with Crippen molar-refractivity contribution in [2.75, 3.05) is 13.2 Å². The predicted octanol–water partition coefficient (Wildman–Crippen LogP) is 4.92. The van der Waals surface area contributed by atoms with E-state index in [1.54, 1.807) is 25.1 Å². The topological polar surface area (TPSA) is 70.8 Å². The summed E-state index contributed by atoms with van der Waals surface area (Å²) in [7, 11) is 0. The van der Waals surface area contributed by atoms with Gasteiger partial charge in [0.05, 0.1) is 25.7 Å². The number of pyridine rings is 1. The highest BCUT2D eigenvalue weighted by atomic mass is 19.1. The van der Waals surface area contributed by atoms with E-state index in [0.717, 1.165) is 17.7 Å². The van der Waals surface area contributed by atoms with Gasteiger partial charge in [-0.1, -0.05) is 0 Å². The number of benzene rings is 1. The van der Waals surface area contributed by atoms with Crippen molar-refractivity contribution in [3.63, 3.8) is 0 Å². The van der Waals surface area contributed by atoms with Crippen LogP contribution in [0.4, 0.5) is 8.78 Å². The summed E-state index contributed by atoms with van der Waals surface area (Å²) in [6.45, 7) is 2.18. The van der Waals surface area contributed by atoms with Crippen LogP contribution in [-0.2, 0) is 16.1 Å². The van der Waals surface area contributed by atoms with E-state index in [1.807, 2.05) is 0 Å². The van der Waals surface area contributed by atoms with Crippen LogP contribution in [0.25, 0.3) is 11.1 Å². The number of carbonyl (C=O) groups excluding carboxylic acids is 1. The van der Waals surface area contributed by atoms with Gasteiger partial charge in [0.2, 0.25) is 5.88 Å². The number of aromatic nitrogens is 1. The summed E-state index contributed by atoms with van der Waals surface area (Å²) in [5, 5.41) is 0. The third-order valence-corrected chi connectivity index (χ3v) is 4.11. The Morgan fingerprint density at radius 3 is 2.67 bits per heavy atom. The molecule has 30 heavy (non-hydrogen) atoms. The number of carbonyl (C=O) groups is 1. The van der Waals surface area contributed by atoms with Gasteiger partial charge in [-0.2, -0.15) is 0 Å². The minimum Gasteiger partial charge on any atom is -0.488 e. The quantitative estimate of drug-likeness (QED) is 0.344. The summed E-state index contributed by atoms with van der Waals surface area (Å²) in [6, 6.07) is 7.37. The standard InChI is InChI=1S/C22H21F2NO5/c1-2-28-20(26)6-4-9-29-21-18(23)11-16(12-19(21)24)17-5-3-8-25-22(17)30-14-15-7-10-27-13-15/h3,5,7-8,10-13H,2,4,6,9,14H2,1H3. The third kappa shape index (κ3) is 5.56. The predicted molar refractivity (Wildman–Crippen MR) is 104 cm³/mol. The summed E-state index contributed by atoms with van der Waals surface area (Å²) in [5.41, 5.74) is 1.50. The molecule has 2 aromatic heterocycles. The smallest absolute Gasteiger partial charge is 0.305 e. The lowest BCUT2D eigenvalue weighted by Gasteiger charge is -2.12. The molecule has 0 saturated carbocycles. The average molecular weight is 417 g/mol. The highest BCUT2D eigenvalue weighted by Crippen LogP contribution is 2.33. The molecule has 3 rings (SSSR count). The molecule has 2 heterocycles. The summed E-state index contributed by atoms with van der Waals surface area (Å²) in [4.78, 5) is 15.5. The first kappa shape index (κ1) is 21.3. The van der Waals surface area contributed by atoms with E-state index >= 15 is 0 Å². The molecule has 158 valence electrons. The normalized spacial score (nSPS) is 10.6. The molecular weight excluding hydrogens is 396 g/mol. The van der Waals surface area contributed by atoms with Crippen LogP contribution in [0.2, 0.25) is 0 Å². The van der Waals surface area contributed by atoms with Crippen LogP contribution in [0.1, 0.15) is 25.3 Å². The molecule has 0 fully saturated rings. The number of halogens is 2. The maximum atomic E-state index is 14.5. The highest BCUT2D eigenvalue weighted by molar-refractivity contribution is 5.70. The SMILES string of the molecule is CCOC(=O)CCCOc1c(F)cc(-c2cccnc2OCc2ccoc2)cc1F. The van der Waals surface area contributed by atoms with E-state index in [4.69, 9.17) is 18.6 Å². The van der Waals surface area contributed by atoms with Crippen molar-refractivity contribution < 1.29 is 32.2 Å². The number of hydrogen-bond acceptors (Lipinski definition) is 6. The second kappa shape index (κ2) is 10.4. The van der Waals surface area contributed by atoms with E-state index in [1.165, 1.54) is 18.7 Å². The summed E-state index contributed by atoms with van der Waals surface area (Å²) < 4.78 is 49.7. The maximum Gasteiger partial charge on any atom is 0.305 e. The van der Waals surface area contributed by atoms with Crippen LogP contribution in [-0.4, -0.2) is 24.2 Å².